The van der Waals surface area contributed by atoms with E-state index in [1.165, 1.54) is 4.90 Å². The fourth-order valence-electron chi connectivity index (χ4n) is 0.814. The Morgan fingerprint density at radius 1 is 1.33 bits per heavy atom. The van der Waals surface area contributed by atoms with Gasteiger partial charge in [-0.1, -0.05) is 6.92 Å². The van der Waals surface area contributed by atoms with E-state index < -0.39 is 0 Å². The Kier molecular flexibility index (Phi) is 5.98. The molecule has 0 saturated heterocycles. The van der Waals surface area contributed by atoms with Crippen LogP contribution >= 0.6 is 24.2 Å². The number of hydrogen-bond acceptors (Lipinski definition) is 3. The van der Waals surface area contributed by atoms with Gasteiger partial charge in [0.05, 0.1) is 0 Å². The fraction of sp³-hybridized carbons (Fsp3) is 0.250. The van der Waals surface area contributed by atoms with Gasteiger partial charge in [0.2, 0.25) is 0 Å². The smallest absolute Gasteiger partial charge is 0.0485 e. The summed E-state index contributed by atoms with van der Waals surface area (Å²) in [6.45, 7) is 2.14. The topological polar surface area (TPSA) is 38.0 Å². The van der Waals surface area contributed by atoms with Crippen molar-refractivity contribution in [3.8, 4) is 0 Å². The zero-order valence-electron chi connectivity index (χ0n) is 6.91. The van der Waals surface area contributed by atoms with Crippen LogP contribution in [0.15, 0.2) is 29.2 Å². The van der Waals surface area contributed by atoms with Crippen molar-refractivity contribution in [1.82, 2.24) is 0 Å². The molecule has 0 aliphatic heterocycles. The maximum Gasteiger partial charge on any atom is 0.0485 e. The van der Waals surface area contributed by atoms with E-state index in [4.69, 9.17) is 5.84 Å². The highest BCUT2D eigenvalue weighted by molar-refractivity contribution is 7.99. The quantitative estimate of drug-likeness (QED) is 0.452. The van der Waals surface area contributed by atoms with E-state index in [1.54, 1.807) is 0 Å². The van der Waals surface area contributed by atoms with Gasteiger partial charge in [-0.15, -0.1) is 24.2 Å². The summed E-state index contributed by atoms with van der Waals surface area (Å²) < 4.78 is 0. The Morgan fingerprint density at radius 2 is 1.92 bits per heavy atom. The van der Waals surface area contributed by atoms with E-state index in [9.17, 15) is 0 Å². The normalized spacial score (nSPS) is 8.83. The van der Waals surface area contributed by atoms with E-state index in [1.807, 2.05) is 23.9 Å². The maximum atomic E-state index is 5.22. The van der Waals surface area contributed by atoms with Gasteiger partial charge in [-0.05, 0) is 30.0 Å². The number of nitrogens with one attached hydrogen (secondary N) is 1. The van der Waals surface area contributed by atoms with Crippen LogP contribution < -0.4 is 11.3 Å². The van der Waals surface area contributed by atoms with Crippen molar-refractivity contribution in [2.45, 2.75) is 11.8 Å². The second-order valence-electron chi connectivity index (χ2n) is 2.10. The van der Waals surface area contributed by atoms with Gasteiger partial charge in [-0.3, -0.25) is 5.84 Å². The summed E-state index contributed by atoms with van der Waals surface area (Å²) in [7, 11) is 0. The number of anilines is 1. The Hall–Kier alpha value is -0.380. The first-order valence-corrected chi connectivity index (χ1v) is 4.55. The summed E-state index contributed by atoms with van der Waals surface area (Å²) in [6, 6.07) is 8.06. The van der Waals surface area contributed by atoms with Crippen LogP contribution in [0, 0.1) is 0 Å². The van der Waals surface area contributed by atoms with E-state index in [-0.39, 0.29) is 12.4 Å². The molecular formula is C8H13ClN2S. The van der Waals surface area contributed by atoms with E-state index in [0.717, 1.165) is 11.4 Å². The summed E-state index contributed by atoms with van der Waals surface area (Å²) in [4.78, 5) is 1.28. The van der Waals surface area contributed by atoms with Crippen molar-refractivity contribution in [1.29, 1.82) is 0 Å². The molecule has 0 unspecified atom stereocenters. The van der Waals surface area contributed by atoms with E-state index >= 15 is 0 Å². The number of hydrogen-bond donors (Lipinski definition) is 2. The standard InChI is InChI=1S/C8H12N2S.ClH/c1-2-11-8-5-3-7(10-9)4-6-8;/h3-6,10H,2,9H2,1H3;1H. The first-order valence-electron chi connectivity index (χ1n) is 3.56. The van der Waals surface area contributed by atoms with Gasteiger partial charge in [0.25, 0.3) is 0 Å². The lowest BCUT2D eigenvalue weighted by Gasteiger charge is -2.00. The van der Waals surface area contributed by atoms with E-state index in [2.05, 4.69) is 24.5 Å². The van der Waals surface area contributed by atoms with Crippen LogP contribution in [0.2, 0.25) is 0 Å². The van der Waals surface area contributed by atoms with Gasteiger partial charge in [0, 0.05) is 10.6 Å². The summed E-state index contributed by atoms with van der Waals surface area (Å²) in [5.41, 5.74) is 3.54. The van der Waals surface area contributed by atoms with Crippen molar-refractivity contribution < 1.29 is 0 Å². The molecule has 0 aromatic heterocycles. The zero-order chi connectivity index (χ0) is 8.10. The summed E-state index contributed by atoms with van der Waals surface area (Å²) in [5.74, 6) is 6.32. The van der Waals surface area contributed by atoms with Gasteiger partial charge in [-0.2, -0.15) is 0 Å². The predicted octanol–water partition coefficient (Wildman–Crippen LogP) is 2.51. The molecule has 0 aliphatic carbocycles. The highest BCUT2D eigenvalue weighted by atomic mass is 35.5. The molecular weight excluding hydrogens is 192 g/mol. The fourth-order valence-corrected chi connectivity index (χ4v) is 1.48. The molecule has 3 N–H and O–H groups in total. The van der Waals surface area contributed by atoms with Gasteiger partial charge in [0.15, 0.2) is 0 Å². The lowest BCUT2D eigenvalue weighted by molar-refractivity contribution is 1.33. The lowest BCUT2D eigenvalue weighted by Crippen LogP contribution is -2.05. The summed E-state index contributed by atoms with van der Waals surface area (Å²) >= 11 is 1.83. The molecule has 68 valence electrons. The molecule has 1 aromatic rings. The number of rotatable bonds is 3. The molecule has 1 rings (SSSR count). The Balaban J connectivity index is 0.00000121. The first-order chi connectivity index (χ1) is 5.36. The van der Waals surface area contributed by atoms with Crippen LogP contribution in [0.1, 0.15) is 6.92 Å². The number of halogens is 1. The van der Waals surface area contributed by atoms with E-state index in [0.29, 0.717) is 0 Å². The number of nitrogens with two attached hydrogens (primary N) is 1. The first kappa shape index (κ1) is 11.6. The summed E-state index contributed by atoms with van der Waals surface area (Å²) in [5, 5.41) is 0. The van der Waals surface area contributed by atoms with Crippen molar-refractivity contribution in [3.63, 3.8) is 0 Å². The van der Waals surface area contributed by atoms with Crippen LogP contribution in [0.25, 0.3) is 0 Å². The monoisotopic (exact) mass is 204 g/mol. The second kappa shape index (κ2) is 6.17. The molecule has 0 atom stereocenters. The molecule has 2 nitrogen and oxygen atoms in total. The Labute approximate surface area is 83.3 Å². The SMILES string of the molecule is CCSc1ccc(NN)cc1.Cl. The second-order valence-corrected chi connectivity index (χ2v) is 3.44. The van der Waals surface area contributed by atoms with Crippen LogP contribution in [-0.2, 0) is 0 Å². The number of benzene rings is 1. The highest BCUT2D eigenvalue weighted by Gasteiger charge is 1.90. The Morgan fingerprint density at radius 3 is 2.33 bits per heavy atom. The molecule has 0 amide bonds. The molecule has 0 radical (unpaired) electrons. The van der Waals surface area contributed by atoms with Crippen molar-refractivity contribution in [2.24, 2.45) is 5.84 Å². The molecule has 12 heavy (non-hydrogen) atoms. The lowest BCUT2D eigenvalue weighted by atomic mass is 10.3. The maximum absolute atomic E-state index is 5.22. The number of hydrazine groups is 1. The van der Waals surface area contributed by atoms with Gasteiger partial charge >= 0.3 is 0 Å². The molecule has 0 spiro atoms. The summed E-state index contributed by atoms with van der Waals surface area (Å²) in [6.07, 6.45) is 0. The molecule has 0 heterocycles. The highest BCUT2D eigenvalue weighted by Crippen LogP contribution is 2.18. The van der Waals surface area contributed by atoms with Gasteiger partial charge < -0.3 is 5.43 Å². The van der Waals surface area contributed by atoms with Crippen molar-refractivity contribution >= 4 is 29.9 Å². The molecule has 0 aliphatic rings. The van der Waals surface area contributed by atoms with Crippen molar-refractivity contribution in [3.05, 3.63) is 24.3 Å². The minimum Gasteiger partial charge on any atom is -0.324 e. The third-order valence-corrected chi connectivity index (χ3v) is 2.23. The third-order valence-electron chi connectivity index (χ3n) is 1.33. The van der Waals surface area contributed by atoms with Crippen LogP contribution in [0.3, 0.4) is 0 Å². The average molecular weight is 205 g/mol. The molecule has 0 saturated carbocycles. The van der Waals surface area contributed by atoms with Crippen LogP contribution in [0.4, 0.5) is 5.69 Å². The average Bonchev–Trinajstić information content (AvgIpc) is 2.07. The van der Waals surface area contributed by atoms with Gasteiger partial charge in [-0.25, -0.2) is 0 Å². The third kappa shape index (κ3) is 3.34. The minimum atomic E-state index is 0. The Bertz CT molecular complexity index is 213. The number of thioether (sulfide) groups is 1. The zero-order valence-corrected chi connectivity index (χ0v) is 8.54. The van der Waals surface area contributed by atoms with Crippen LogP contribution in [-0.4, -0.2) is 5.75 Å². The largest absolute Gasteiger partial charge is 0.324 e. The molecule has 1 aromatic carbocycles. The van der Waals surface area contributed by atoms with Gasteiger partial charge in [0.1, 0.15) is 0 Å². The molecule has 0 bridgehead atoms. The molecule has 0 fully saturated rings. The van der Waals surface area contributed by atoms with Crippen LogP contribution in [0.5, 0.6) is 0 Å². The number of nitrogen functional groups attached to an aromatic ring is 1. The minimum absolute atomic E-state index is 0. The van der Waals surface area contributed by atoms with Crippen molar-refractivity contribution in [2.75, 3.05) is 11.2 Å². The molecule has 4 heteroatoms. The predicted molar refractivity (Wildman–Crippen MR) is 57.9 cm³/mol.